The zero-order chi connectivity index (χ0) is 14.6. The first-order valence-corrected chi connectivity index (χ1v) is 8.64. The highest BCUT2D eigenvalue weighted by Gasteiger charge is 2.17. The van der Waals surface area contributed by atoms with Gasteiger partial charge < -0.3 is 5.11 Å². The molecule has 1 heterocycles. The van der Waals surface area contributed by atoms with Crippen molar-refractivity contribution in [1.29, 1.82) is 0 Å². The van der Waals surface area contributed by atoms with E-state index in [4.69, 9.17) is 5.11 Å². The molecule has 0 unspecified atom stereocenters. The number of aromatic nitrogens is 2. The number of aromatic carboxylic acids is 1. The van der Waals surface area contributed by atoms with Crippen molar-refractivity contribution in [2.24, 2.45) is 0 Å². The number of hydrogen-bond donors (Lipinski definition) is 1. The van der Waals surface area contributed by atoms with Crippen molar-refractivity contribution >= 4 is 27.6 Å². The fraction of sp³-hybridized carbons (Fsp3) is 0.545. The Balaban J connectivity index is 2.80. The van der Waals surface area contributed by atoms with E-state index in [1.807, 2.05) is 0 Å². The van der Waals surface area contributed by atoms with Crippen LogP contribution in [0.5, 0.6) is 0 Å². The molecule has 0 saturated carbocycles. The van der Waals surface area contributed by atoms with Crippen LogP contribution < -0.4 is 0 Å². The lowest BCUT2D eigenvalue weighted by molar-refractivity contribution is 0.0690. The van der Waals surface area contributed by atoms with E-state index in [-0.39, 0.29) is 11.3 Å². The largest absolute Gasteiger partial charge is 0.478 e. The van der Waals surface area contributed by atoms with Gasteiger partial charge in [0.15, 0.2) is 0 Å². The summed E-state index contributed by atoms with van der Waals surface area (Å²) in [7, 11) is -2.98. The van der Waals surface area contributed by atoms with Gasteiger partial charge in [0.2, 0.25) is 0 Å². The summed E-state index contributed by atoms with van der Waals surface area (Å²) in [5.74, 6) is 0.0329. The first-order valence-electron chi connectivity index (χ1n) is 5.60. The van der Waals surface area contributed by atoms with Gasteiger partial charge in [-0.2, -0.15) is 0 Å². The quantitative estimate of drug-likeness (QED) is 0.481. The topological polar surface area (TPSA) is 97.2 Å². The number of aryl methyl sites for hydroxylation is 2. The van der Waals surface area contributed by atoms with Crippen molar-refractivity contribution < 1.29 is 18.3 Å². The summed E-state index contributed by atoms with van der Waals surface area (Å²) < 4.78 is 22.0. The third-order valence-corrected chi connectivity index (χ3v) is 4.37. The van der Waals surface area contributed by atoms with Crippen molar-refractivity contribution in [3.05, 3.63) is 17.1 Å². The summed E-state index contributed by atoms with van der Waals surface area (Å²) in [5.41, 5.74) is 0.514. The van der Waals surface area contributed by atoms with Gasteiger partial charge in [-0.3, -0.25) is 0 Å². The van der Waals surface area contributed by atoms with Crippen LogP contribution in [0, 0.1) is 13.8 Å². The van der Waals surface area contributed by atoms with Gasteiger partial charge in [0.1, 0.15) is 26.3 Å². The Morgan fingerprint density at radius 3 is 2.47 bits per heavy atom. The molecule has 0 atom stereocenters. The van der Waals surface area contributed by atoms with Crippen LogP contribution in [-0.2, 0) is 9.84 Å². The zero-order valence-corrected chi connectivity index (χ0v) is 12.6. The number of carbonyl (C=O) groups is 1. The molecule has 0 spiro atoms. The summed E-state index contributed by atoms with van der Waals surface area (Å²) in [6, 6.07) is 0. The predicted octanol–water partition coefficient (Wildman–Crippen LogP) is 1.32. The summed E-state index contributed by atoms with van der Waals surface area (Å²) in [6.07, 6.45) is 1.64. The van der Waals surface area contributed by atoms with E-state index in [1.54, 1.807) is 13.8 Å². The lowest BCUT2D eigenvalue weighted by Gasteiger charge is -2.08. The Morgan fingerprint density at radius 2 is 1.95 bits per heavy atom. The number of nitrogens with zero attached hydrogens (tertiary/aromatic N) is 2. The molecule has 1 aromatic rings. The molecule has 0 aliphatic carbocycles. The van der Waals surface area contributed by atoms with E-state index in [0.717, 1.165) is 0 Å². The molecule has 19 heavy (non-hydrogen) atoms. The van der Waals surface area contributed by atoms with Gasteiger partial charge in [-0.1, -0.05) is 0 Å². The van der Waals surface area contributed by atoms with Crippen LogP contribution in [-0.4, -0.2) is 47.2 Å². The standard InChI is InChI=1S/C11H16N2O4S2/c1-7-9(11(14)15)10(13-8(2)12-7)18-5-4-6-19(3,16)17/h4-6H2,1-3H3,(H,14,15). The van der Waals surface area contributed by atoms with E-state index in [2.05, 4.69) is 9.97 Å². The van der Waals surface area contributed by atoms with Crippen molar-refractivity contribution in [2.45, 2.75) is 25.3 Å². The van der Waals surface area contributed by atoms with E-state index >= 15 is 0 Å². The van der Waals surface area contributed by atoms with Crippen LogP contribution in [0.3, 0.4) is 0 Å². The Bertz CT molecular complexity index is 585. The molecule has 1 aromatic heterocycles. The second kappa shape index (κ2) is 6.33. The molecule has 0 aromatic carbocycles. The van der Waals surface area contributed by atoms with Crippen molar-refractivity contribution in [3.63, 3.8) is 0 Å². The van der Waals surface area contributed by atoms with Gasteiger partial charge in [-0.15, -0.1) is 11.8 Å². The minimum atomic E-state index is -2.98. The summed E-state index contributed by atoms with van der Waals surface area (Å²) >= 11 is 1.25. The predicted molar refractivity (Wildman–Crippen MR) is 73.5 cm³/mol. The van der Waals surface area contributed by atoms with E-state index in [9.17, 15) is 13.2 Å². The summed E-state index contributed by atoms with van der Waals surface area (Å²) in [5, 5.41) is 9.53. The van der Waals surface area contributed by atoms with Crippen LogP contribution in [0.4, 0.5) is 0 Å². The monoisotopic (exact) mass is 304 g/mol. The molecule has 0 radical (unpaired) electrons. The number of carboxylic acid groups (broad SMARTS) is 1. The number of rotatable bonds is 6. The molecule has 0 saturated heterocycles. The van der Waals surface area contributed by atoms with E-state index < -0.39 is 15.8 Å². The zero-order valence-electron chi connectivity index (χ0n) is 11.0. The second-order valence-electron chi connectivity index (χ2n) is 4.17. The van der Waals surface area contributed by atoms with Crippen molar-refractivity contribution in [2.75, 3.05) is 17.8 Å². The van der Waals surface area contributed by atoms with E-state index in [0.29, 0.717) is 28.7 Å². The van der Waals surface area contributed by atoms with E-state index in [1.165, 1.54) is 18.0 Å². The number of hydrogen-bond acceptors (Lipinski definition) is 6. The Hall–Kier alpha value is -1.15. The Labute approximate surface area is 116 Å². The molecule has 1 rings (SSSR count). The molecule has 0 bridgehead atoms. The average molecular weight is 304 g/mol. The number of sulfone groups is 1. The minimum Gasteiger partial charge on any atom is -0.478 e. The smallest absolute Gasteiger partial charge is 0.340 e. The third kappa shape index (κ3) is 5.15. The van der Waals surface area contributed by atoms with Crippen LogP contribution in [0.1, 0.15) is 28.3 Å². The second-order valence-corrected chi connectivity index (χ2v) is 7.52. The molecule has 0 fully saturated rings. The number of carboxylic acids is 1. The van der Waals surface area contributed by atoms with Gasteiger partial charge in [0.05, 0.1) is 11.4 Å². The fourth-order valence-corrected chi connectivity index (χ4v) is 3.43. The molecule has 6 nitrogen and oxygen atoms in total. The molecule has 8 heteroatoms. The van der Waals surface area contributed by atoms with Crippen molar-refractivity contribution in [1.82, 2.24) is 9.97 Å². The Morgan fingerprint density at radius 1 is 1.32 bits per heavy atom. The average Bonchev–Trinajstić information content (AvgIpc) is 2.21. The van der Waals surface area contributed by atoms with Crippen LogP contribution >= 0.6 is 11.8 Å². The molecule has 0 amide bonds. The van der Waals surface area contributed by atoms with Gasteiger partial charge >= 0.3 is 5.97 Å². The maximum Gasteiger partial charge on any atom is 0.340 e. The van der Waals surface area contributed by atoms with Crippen LogP contribution in [0.2, 0.25) is 0 Å². The molecular weight excluding hydrogens is 288 g/mol. The van der Waals surface area contributed by atoms with Crippen LogP contribution in [0.15, 0.2) is 5.03 Å². The summed E-state index contributed by atoms with van der Waals surface area (Å²) in [6.45, 7) is 3.32. The molecule has 1 N–H and O–H groups in total. The molecule has 0 aliphatic rings. The molecule has 0 aliphatic heterocycles. The maximum absolute atomic E-state index is 11.2. The lowest BCUT2D eigenvalue weighted by atomic mass is 10.2. The summed E-state index contributed by atoms with van der Waals surface area (Å²) in [4.78, 5) is 19.3. The maximum atomic E-state index is 11.2. The first kappa shape index (κ1) is 15.9. The molecular formula is C11H16N2O4S2. The third-order valence-electron chi connectivity index (χ3n) is 2.28. The minimum absolute atomic E-state index is 0.0887. The highest BCUT2D eigenvalue weighted by atomic mass is 32.2. The SMILES string of the molecule is Cc1nc(C)c(C(=O)O)c(SCCCS(C)(=O)=O)n1. The molecule has 106 valence electrons. The first-order chi connectivity index (χ1) is 8.70. The highest BCUT2D eigenvalue weighted by Crippen LogP contribution is 2.23. The highest BCUT2D eigenvalue weighted by molar-refractivity contribution is 7.99. The van der Waals surface area contributed by atoms with Gasteiger partial charge in [0.25, 0.3) is 0 Å². The fourth-order valence-electron chi connectivity index (χ4n) is 1.52. The Kier molecular flexibility index (Phi) is 5.30. The van der Waals surface area contributed by atoms with Crippen LogP contribution in [0.25, 0.3) is 0 Å². The normalized spacial score (nSPS) is 11.5. The van der Waals surface area contributed by atoms with Gasteiger partial charge in [-0.25, -0.2) is 23.2 Å². The number of thioether (sulfide) groups is 1. The van der Waals surface area contributed by atoms with Crippen molar-refractivity contribution in [3.8, 4) is 0 Å². The van der Waals surface area contributed by atoms with Gasteiger partial charge in [0, 0.05) is 12.0 Å². The van der Waals surface area contributed by atoms with Gasteiger partial charge in [-0.05, 0) is 20.3 Å². The lowest BCUT2D eigenvalue weighted by Crippen LogP contribution is -2.09.